The molecule has 17 heavy (non-hydrogen) atoms. The fourth-order valence-corrected chi connectivity index (χ4v) is 1.72. The minimum absolute atomic E-state index is 0.675. The van der Waals surface area contributed by atoms with Gasteiger partial charge in [-0.05, 0) is 12.1 Å². The van der Waals surface area contributed by atoms with Crippen LogP contribution in [0.5, 0.6) is 5.75 Å². The van der Waals surface area contributed by atoms with Gasteiger partial charge >= 0.3 is 0 Å². The van der Waals surface area contributed by atoms with Crippen LogP contribution in [0.25, 0.3) is 0 Å². The van der Waals surface area contributed by atoms with E-state index in [9.17, 15) is 0 Å². The SMILES string of the molecule is CC.COc1cc(N2CCOCC2)ccc1N. The first-order valence-corrected chi connectivity index (χ1v) is 6.07. The lowest BCUT2D eigenvalue weighted by molar-refractivity contribution is 0.122. The van der Waals surface area contributed by atoms with Gasteiger partial charge in [0.25, 0.3) is 0 Å². The van der Waals surface area contributed by atoms with Crippen LogP contribution in [0.2, 0.25) is 0 Å². The van der Waals surface area contributed by atoms with Crippen LogP contribution in [0.1, 0.15) is 13.8 Å². The number of hydrogen-bond acceptors (Lipinski definition) is 4. The summed E-state index contributed by atoms with van der Waals surface area (Å²) in [4.78, 5) is 2.27. The number of morpholine rings is 1. The van der Waals surface area contributed by atoms with Crippen LogP contribution in [0, 0.1) is 0 Å². The Bertz CT molecular complexity index is 336. The van der Waals surface area contributed by atoms with Gasteiger partial charge in [0.1, 0.15) is 5.75 Å². The van der Waals surface area contributed by atoms with Crippen molar-refractivity contribution in [3.63, 3.8) is 0 Å². The second kappa shape index (κ2) is 7.01. The summed E-state index contributed by atoms with van der Waals surface area (Å²) in [6, 6.07) is 5.87. The van der Waals surface area contributed by atoms with Crippen molar-refractivity contribution in [3.05, 3.63) is 18.2 Å². The highest BCUT2D eigenvalue weighted by Gasteiger charge is 2.12. The molecule has 1 aromatic rings. The van der Waals surface area contributed by atoms with E-state index in [-0.39, 0.29) is 0 Å². The van der Waals surface area contributed by atoms with Crippen molar-refractivity contribution in [2.75, 3.05) is 44.0 Å². The van der Waals surface area contributed by atoms with Crippen molar-refractivity contribution in [2.45, 2.75) is 13.8 Å². The molecule has 2 N–H and O–H groups in total. The van der Waals surface area contributed by atoms with Crippen molar-refractivity contribution in [1.82, 2.24) is 0 Å². The van der Waals surface area contributed by atoms with Gasteiger partial charge in [0, 0.05) is 24.8 Å². The number of methoxy groups -OCH3 is 1. The van der Waals surface area contributed by atoms with Gasteiger partial charge in [0.15, 0.2) is 0 Å². The summed E-state index contributed by atoms with van der Waals surface area (Å²) >= 11 is 0. The van der Waals surface area contributed by atoms with E-state index >= 15 is 0 Å². The molecule has 0 atom stereocenters. The number of nitrogen functional groups attached to an aromatic ring is 1. The molecule has 1 aliphatic heterocycles. The third-order valence-corrected chi connectivity index (χ3v) is 2.59. The Morgan fingerprint density at radius 2 is 1.88 bits per heavy atom. The normalized spacial score (nSPS) is 14.9. The first-order valence-electron chi connectivity index (χ1n) is 6.07. The van der Waals surface area contributed by atoms with Crippen molar-refractivity contribution in [2.24, 2.45) is 0 Å². The van der Waals surface area contributed by atoms with Crippen LogP contribution >= 0.6 is 0 Å². The molecule has 0 saturated carbocycles. The highest BCUT2D eigenvalue weighted by atomic mass is 16.5. The Hall–Kier alpha value is -1.42. The Morgan fingerprint density at radius 1 is 1.24 bits per heavy atom. The molecule has 0 bridgehead atoms. The fourth-order valence-electron chi connectivity index (χ4n) is 1.72. The highest BCUT2D eigenvalue weighted by molar-refractivity contribution is 5.62. The van der Waals surface area contributed by atoms with Crippen LogP contribution in [0.4, 0.5) is 11.4 Å². The minimum Gasteiger partial charge on any atom is -0.495 e. The van der Waals surface area contributed by atoms with Crippen molar-refractivity contribution in [1.29, 1.82) is 0 Å². The molecule has 0 unspecified atom stereocenters. The number of anilines is 2. The van der Waals surface area contributed by atoms with Gasteiger partial charge in [-0.25, -0.2) is 0 Å². The minimum atomic E-state index is 0.675. The molecule has 0 aliphatic carbocycles. The molecule has 2 rings (SSSR count). The Labute approximate surface area is 103 Å². The molecule has 1 aliphatic rings. The predicted octanol–water partition coefficient (Wildman–Crippen LogP) is 2.14. The number of hydrogen-bond donors (Lipinski definition) is 1. The number of ether oxygens (including phenoxy) is 2. The second-order valence-electron chi connectivity index (χ2n) is 3.53. The zero-order valence-electron chi connectivity index (χ0n) is 10.9. The Balaban J connectivity index is 0.000000686. The molecule has 0 spiro atoms. The van der Waals surface area contributed by atoms with Crippen molar-refractivity contribution >= 4 is 11.4 Å². The molecule has 1 fully saturated rings. The molecule has 4 nitrogen and oxygen atoms in total. The van der Waals surface area contributed by atoms with E-state index in [4.69, 9.17) is 15.2 Å². The number of benzene rings is 1. The molecule has 0 amide bonds. The molecule has 1 saturated heterocycles. The van der Waals surface area contributed by atoms with Gasteiger partial charge in [-0.3, -0.25) is 0 Å². The lowest BCUT2D eigenvalue weighted by Crippen LogP contribution is -2.36. The first kappa shape index (κ1) is 13.6. The van der Waals surface area contributed by atoms with Gasteiger partial charge in [0.05, 0.1) is 26.0 Å². The maximum Gasteiger partial charge on any atom is 0.143 e. The average Bonchev–Trinajstić information content (AvgIpc) is 2.42. The summed E-state index contributed by atoms with van der Waals surface area (Å²) in [5.74, 6) is 0.735. The van der Waals surface area contributed by atoms with Crippen molar-refractivity contribution < 1.29 is 9.47 Å². The van der Waals surface area contributed by atoms with Gasteiger partial charge in [-0.1, -0.05) is 13.8 Å². The third-order valence-electron chi connectivity index (χ3n) is 2.59. The second-order valence-corrected chi connectivity index (χ2v) is 3.53. The van der Waals surface area contributed by atoms with Crippen LogP contribution in [0.3, 0.4) is 0 Å². The van der Waals surface area contributed by atoms with E-state index in [1.807, 2.05) is 32.0 Å². The quantitative estimate of drug-likeness (QED) is 0.802. The lowest BCUT2D eigenvalue weighted by Gasteiger charge is -2.29. The standard InChI is InChI=1S/C11H16N2O2.C2H6/c1-14-11-8-9(2-3-10(11)12)13-4-6-15-7-5-13;1-2/h2-3,8H,4-7,12H2,1H3;1-2H3. The molecular weight excluding hydrogens is 216 g/mol. The summed E-state index contributed by atoms with van der Waals surface area (Å²) in [7, 11) is 1.63. The number of rotatable bonds is 2. The zero-order chi connectivity index (χ0) is 12.7. The summed E-state index contributed by atoms with van der Waals surface area (Å²) in [5.41, 5.74) is 7.58. The van der Waals surface area contributed by atoms with Crippen LogP contribution in [-0.4, -0.2) is 33.4 Å². The number of nitrogens with zero attached hydrogens (tertiary/aromatic N) is 1. The Kier molecular flexibility index (Phi) is 5.63. The van der Waals surface area contributed by atoms with E-state index in [0.717, 1.165) is 37.7 Å². The van der Waals surface area contributed by atoms with E-state index < -0.39 is 0 Å². The van der Waals surface area contributed by atoms with Gasteiger partial charge in [-0.2, -0.15) is 0 Å². The van der Waals surface area contributed by atoms with Crippen molar-refractivity contribution in [3.8, 4) is 5.75 Å². The Morgan fingerprint density at radius 3 is 2.47 bits per heavy atom. The average molecular weight is 238 g/mol. The molecule has 0 aromatic heterocycles. The summed E-state index contributed by atoms with van der Waals surface area (Å²) in [5, 5.41) is 0. The van der Waals surface area contributed by atoms with Gasteiger partial charge < -0.3 is 20.1 Å². The van der Waals surface area contributed by atoms with E-state index in [1.54, 1.807) is 7.11 Å². The van der Waals surface area contributed by atoms with Crippen LogP contribution < -0.4 is 15.4 Å². The monoisotopic (exact) mass is 238 g/mol. The van der Waals surface area contributed by atoms with Gasteiger partial charge in [-0.15, -0.1) is 0 Å². The fraction of sp³-hybridized carbons (Fsp3) is 0.538. The lowest BCUT2D eigenvalue weighted by atomic mass is 10.2. The summed E-state index contributed by atoms with van der Waals surface area (Å²) < 4.78 is 10.5. The summed E-state index contributed by atoms with van der Waals surface area (Å²) in [6.07, 6.45) is 0. The first-order chi connectivity index (χ1) is 8.31. The smallest absolute Gasteiger partial charge is 0.143 e. The molecule has 1 heterocycles. The third kappa shape index (κ3) is 3.53. The topological polar surface area (TPSA) is 47.7 Å². The summed E-state index contributed by atoms with van der Waals surface area (Å²) in [6.45, 7) is 7.42. The molecule has 4 heteroatoms. The zero-order valence-corrected chi connectivity index (χ0v) is 10.9. The molecular formula is C13H22N2O2. The van der Waals surface area contributed by atoms with Gasteiger partial charge in [0.2, 0.25) is 0 Å². The van der Waals surface area contributed by atoms with E-state index in [1.165, 1.54) is 0 Å². The van der Waals surface area contributed by atoms with E-state index in [2.05, 4.69) is 4.90 Å². The van der Waals surface area contributed by atoms with Crippen LogP contribution in [0.15, 0.2) is 18.2 Å². The number of nitrogens with two attached hydrogens (primary N) is 1. The molecule has 96 valence electrons. The largest absolute Gasteiger partial charge is 0.495 e. The van der Waals surface area contributed by atoms with Crippen LogP contribution in [-0.2, 0) is 4.74 Å². The highest BCUT2D eigenvalue weighted by Crippen LogP contribution is 2.27. The maximum atomic E-state index is 5.76. The molecule has 1 aromatic carbocycles. The molecule has 0 radical (unpaired) electrons. The predicted molar refractivity (Wildman–Crippen MR) is 71.8 cm³/mol. The van der Waals surface area contributed by atoms with E-state index in [0.29, 0.717) is 5.69 Å². The maximum absolute atomic E-state index is 5.76.